The molecule has 0 radical (unpaired) electrons. The molecule has 0 aromatic heterocycles. The third-order valence-electron chi connectivity index (χ3n) is 3.62. The van der Waals surface area contributed by atoms with Crippen LogP contribution in [0.3, 0.4) is 0 Å². The SMILES string of the molecule is NCCCC[C@H](NO)C(=O)C1O[C@H](CO)[C@H](O)[C@H](O)[C@H]1O. The third kappa shape index (κ3) is 4.41. The summed E-state index contributed by atoms with van der Waals surface area (Å²) in [6.45, 7) is -0.161. The number of Topliss-reactive ketones (excluding diaryl/α,β-unsaturated/α-hetero) is 1. The largest absolute Gasteiger partial charge is 0.394 e. The lowest BCUT2D eigenvalue weighted by atomic mass is 9.90. The van der Waals surface area contributed by atoms with Crippen molar-refractivity contribution in [1.82, 2.24) is 5.48 Å². The van der Waals surface area contributed by atoms with Gasteiger partial charge < -0.3 is 36.1 Å². The monoisotopic (exact) mass is 308 g/mol. The Morgan fingerprint density at radius 3 is 2.38 bits per heavy atom. The van der Waals surface area contributed by atoms with Crippen LogP contribution < -0.4 is 11.2 Å². The van der Waals surface area contributed by atoms with Gasteiger partial charge in [-0.1, -0.05) is 6.42 Å². The van der Waals surface area contributed by atoms with Gasteiger partial charge in [-0.2, -0.15) is 5.48 Å². The predicted octanol–water partition coefficient (Wildman–Crippen LogP) is -3.13. The number of nitrogens with two attached hydrogens (primary N) is 1. The fourth-order valence-corrected chi connectivity index (χ4v) is 2.30. The fraction of sp³-hybridized carbons (Fsp3) is 0.917. The van der Waals surface area contributed by atoms with Crippen LogP contribution in [-0.4, -0.2) is 81.1 Å². The molecule has 1 aliphatic rings. The van der Waals surface area contributed by atoms with Crippen molar-refractivity contribution in [3.63, 3.8) is 0 Å². The number of nitrogens with one attached hydrogen (secondary N) is 1. The van der Waals surface area contributed by atoms with E-state index in [0.717, 1.165) is 0 Å². The number of hydroxylamine groups is 1. The van der Waals surface area contributed by atoms with Gasteiger partial charge in [0.05, 0.1) is 12.6 Å². The highest BCUT2D eigenvalue weighted by atomic mass is 16.5. The first-order chi connectivity index (χ1) is 9.97. The minimum Gasteiger partial charge on any atom is -0.394 e. The van der Waals surface area contributed by atoms with Crippen molar-refractivity contribution in [2.75, 3.05) is 13.2 Å². The van der Waals surface area contributed by atoms with Gasteiger partial charge in [-0.3, -0.25) is 4.79 Å². The first-order valence-electron chi connectivity index (χ1n) is 6.91. The van der Waals surface area contributed by atoms with Crippen LogP contribution in [-0.2, 0) is 9.53 Å². The highest BCUT2D eigenvalue weighted by molar-refractivity contribution is 5.88. The Bertz CT molecular complexity index is 329. The maximum atomic E-state index is 12.2. The van der Waals surface area contributed by atoms with Crippen molar-refractivity contribution in [3.8, 4) is 0 Å². The fourth-order valence-electron chi connectivity index (χ4n) is 2.30. The van der Waals surface area contributed by atoms with E-state index < -0.39 is 49.0 Å². The molecule has 0 amide bonds. The molecule has 1 rings (SSSR count). The number of ketones is 1. The molecule has 0 aliphatic carbocycles. The normalized spacial score (nSPS) is 34.7. The zero-order valence-corrected chi connectivity index (χ0v) is 11.6. The van der Waals surface area contributed by atoms with Crippen molar-refractivity contribution in [2.45, 2.75) is 55.8 Å². The van der Waals surface area contributed by atoms with Gasteiger partial charge >= 0.3 is 0 Å². The smallest absolute Gasteiger partial charge is 0.183 e. The molecule has 1 fully saturated rings. The molecule has 0 bridgehead atoms. The molecule has 124 valence electrons. The van der Waals surface area contributed by atoms with Crippen molar-refractivity contribution in [2.24, 2.45) is 5.73 Å². The average molecular weight is 308 g/mol. The molecule has 1 aliphatic heterocycles. The molecule has 6 atom stereocenters. The van der Waals surface area contributed by atoms with Crippen molar-refractivity contribution in [3.05, 3.63) is 0 Å². The number of ether oxygens (including phenoxy) is 1. The number of hydrogen-bond donors (Lipinski definition) is 7. The van der Waals surface area contributed by atoms with E-state index in [1.807, 2.05) is 5.48 Å². The molecular weight excluding hydrogens is 284 g/mol. The van der Waals surface area contributed by atoms with Crippen LogP contribution in [0.4, 0.5) is 0 Å². The number of carbonyl (C=O) groups excluding carboxylic acids is 1. The third-order valence-corrected chi connectivity index (χ3v) is 3.62. The van der Waals surface area contributed by atoms with Crippen LogP contribution in [0.5, 0.6) is 0 Å². The maximum absolute atomic E-state index is 12.2. The Morgan fingerprint density at radius 2 is 1.86 bits per heavy atom. The standard InChI is InChI=1S/C12H24N2O7/c13-4-2-1-3-6(14-20)8(16)12-11(19)10(18)9(17)7(5-15)21-12/h6-7,9-12,14-15,17-20H,1-5,13H2/t6-,7+,9-,10-,11+,12?/m0/s1. The van der Waals surface area contributed by atoms with Crippen molar-refractivity contribution in [1.29, 1.82) is 0 Å². The minimum atomic E-state index is -1.64. The molecule has 1 heterocycles. The summed E-state index contributed by atoms with van der Waals surface area (Å²) >= 11 is 0. The molecule has 9 nitrogen and oxygen atoms in total. The zero-order valence-electron chi connectivity index (χ0n) is 11.6. The van der Waals surface area contributed by atoms with Crippen LogP contribution in [0.1, 0.15) is 19.3 Å². The van der Waals surface area contributed by atoms with Gasteiger partial charge in [0.25, 0.3) is 0 Å². The number of hydrogen-bond acceptors (Lipinski definition) is 9. The summed E-state index contributed by atoms with van der Waals surface area (Å²) in [7, 11) is 0. The second kappa shape index (κ2) is 8.71. The molecular formula is C12H24N2O7. The number of aliphatic hydroxyl groups is 4. The van der Waals surface area contributed by atoms with Crippen LogP contribution in [0.15, 0.2) is 0 Å². The summed E-state index contributed by atoms with van der Waals surface area (Å²) in [6.07, 6.45) is -5.84. The minimum absolute atomic E-state index is 0.279. The van der Waals surface area contributed by atoms with E-state index in [0.29, 0.717) is 19.4 Å². The quantitative estimate of drug-likeness (QED) is 0.181. The lowest BCUT2D eigenvalue weighted by molar-refractivity contribution is -0.227. The number of carbonyl (C=O) groups is 1. The van der Waals surface area contributed by atoms with Gasteiger partial charge in [0.1, 0.15) is 30.5 Å². The highest BCUT2D eigenvalue weighted by Gasteiger charge is 2.47. The number of aliphatic hydroxyl groups excluding tert-OH is 4. The molecule has 1 saturated heterocycles. The summed E-state index contributed by atoms with van der Waals surface area (Å²) in [5.41, 5.74) is 7.20. The Labute approximate surface area is 122 Å². The van der Waals surface area contributed by atoms with E-state index in [2.05, 4.69) is 0 Å². The van der Waals surface area contributed by atoms with E-state index in [-0.39, 0.29) is 6.42 Å². The number of unbranched alkanes of at least 4 members (excludes halogenated alkanes) is 1. The molecule has 9 heteroatoms. The molecule has 21 heavy (non-hydrogen) atoms. The van der Waals surface area contributed by atoms with E-state index in [1.54, 1.807) is 0 Å². The molecule has 0 aromatic carbocycles. The van der Waals surface area contributed by atoms with E-state index in [1.165, 1.54) is 0 Å². The predicted molar refractivity (Wildman–Crippen MR) is 70.4 cm³/mol. The summed E-state index contributed by atoms with van der Waals surface area (Å²) in [6, 6.07) is -0.988. The molecule has 8 N–H and O–H groups in total. The van der Waals surface area contributed by atoms with E-state index >= 15 is 0 Å². The lowest BCUT2D eigenvalue weighted by Crippen LogP contribution is -2.62. The van der Waals surface area contributed by atoms with Gasteiger partial charge in [-0.15, -0.1) is 0 Å². The second-order valence-electron chi connectivity index (χ2n) is 5.12. The van der Waals surface area contributed by atoms with Crippen LogP contribution in [0, 0.1) is 0 Å². The van der Waals surface area contributed by atoms with E-state index in [4.69, 9.17) is 20.8 Å². The summed E-state index contributed by atoms with van der Waals surface area (Å²) in [5, 5.41) is 47.2. The van der Waals surface area contributed by atoms with Crippen LogP contribution >= 0.6 is 0 Å². The first-order valence-corrected chi connectivity index (χ1v) is 6.91. The first kappa shape index (κ1) is 18.4. The van der Waals surface area contributed by atoms with Crippen LogP contribution in [0.2, 0.25) is 0 Å². The molecule has 0 saturated carbocycles. The molecule has 1 unspecified atom stereocenters. The topological polar surface area (TPSA) is 166 Å². The van der Waals surface area contributed by atoms with E-state index in [9.17, 15) is 20.1 Å². The number of rotatable bonds is 8. The summed E-state index contributed by atoms with van der Waals surface area (Å²) in [5.74, 6) is -0.661. The van der Waals surface area contributed by atoms with Gasteiger partial charge in [0.15, 0.2) is 5.78 Å². The maximum Gasteiger partial charge on any atom is 0.183 e. The average Bonchev–Trinajstić information content (AvgIpc) is 2.49. The molecule has 0 aromatic rings. The second-order valence-corrected chi connectivity index (χ2v) is 5.12. The van der Waals surface area contributed by atoms with Crippen molar-refractivity contribution < 1.29 is 35.2 Å². The Balaban J connectivity index is 2.73. The summed E-state index contributed by atoms with van der Waals surface area (Å²) in [4.78, 5) is 12.2. The van der Waals surface area contributed by atoms with Gasteiger partial charge in [0, 0.05) is 0 Å². The Morgan fingerprint density at radius 1 is 1.19 bits per heavy atom. The Hall–Kier alpha value is -0.650. The lowest BCUT2D eigenvalue weighted by Gasteiger charge is -2.40. The van der Waals surface area contributed by atoms with Gasteiger partial charge in [-0.25, -0.2) is 0 Å². The highest BCUT2D eigenvalue weighted by Crippen LogP contribution is 2.23. The van der Waals surface area contributed by atoms with Crippen LogP contribution in [0.25, 0.3) is 0 Å². The Kier molecular flexibility index (Phi) is 7.63. The van der Waals surface area contributed by atoms with Crippen molar-refractivity contribution >= 4 is 5.78 Å². The van der Waals surface area contributed by atoms with Gasteiger partial charge in [0.2, 0.25) is 0 Å². The van der Waals surface area contributed by atoms with Gasteiger partial charge in [-0.05, 0) is 19.4 Å². The summed E-state index contributed by atoms with van der Waals surface area (Å²) < 4.78 is 5.15. The zero-order chi connectivity index (χ0) is 16.0. The molecule has 0 spiro atoms.